The standard InChI is InChI=1S/C22H28N2O/c1-2-25-22-12-10-21(11-13-22)19-24-17-15-23(16-18-24)14-6-9-20-7-4-3-5-8-20/h3-13H,2,14-19H2,1H3/p+2/b9-6+. The average Bonchev–Trinajstić information content (AvgIpc) is 2.66. The molecule has 3 heteroatoms. The Labute approximate surface area is 151 Å². The summed E-state index contributed by atoms with van der Waals surface area (Å²) in [6.45, 7) is 10.0. The highest BCUT2D eigenvalue weighted by Crippen LogP contribution is 2.11. The second kappa shape index (κ2) is 9.40. The van der Waals surface area contributed by atoms with Gasteiger partial charge in [0, 0.05) is 5.56 Å². The molecule has 2 aromatic rings. The molecule has 1 aliphatic rings. The van der Waals surface area contributed by atoms with Gasteiger partial charge >= 0.3 is 0 Å². The molecular formula is C22H30N2O+2. The molecule has 1 saturated heterocycles. The molecule has 25 heavy (non-hydrogen) atoms. The minimum Gasteiger partial charge on any atom is -0.494 e. The van der Waals surface area contributed by atoms with E-state index in [0.717, 1.165) is 25.4 Å². The van der Waals surface area contributed by atoms with Gasteiger partial charge in [0.15, 0.2) is 0 Å². The average molecular weight is 338 g/mol. The quantitative estimate of drug-likeness (QED) is 0.773. The highest BCUT2D eigenvalue weighted by atomic mass is 16.5. The van der Waals surface area contributed by atoms with Gasteiger partial charge in [0.1, 0.15) is 38.5 Å². The normalized spacial score (nSPS) is 20.7. The van der Waals surface area contributed by atoms with Crippen molar-refractivity contribution in [2.45, 2.75) is 13.5 Å². The molecule has 132 valence electrons. The molecule has 0 radical (unpaired) electrons. The third-order valence-corrected chi connectivity index (χ3v) is 4.87. The maximum atomic E-state index is 5.52. The largest absolute Gasteiger partial charge is 0.494 e. The molecule has 3 rings (SSSR count). The van der Waals surface area contributed by atoms with Crippen LogP contribution in [0.15, 0.2) is 60.7 Å². The third-order valence-electron chi connectivity index (χ3n) is 4.87. The third kappa shape index (κ3) is 5.73. The summed E-state index contributed by atoms with van der Waals surface area (Å²) in [5.74, 6) is 0.973. The van der Waals surface area contributed by atoms with Gasteiger partial charge in [-0.2, -0.15) is 0 Å². The van der Waals surface area contributed by atoms with Crippen molar-refractivity contribution >= 4 is 6.08 Å². The van der Waals surface area contributed by atoms with E-state index in [-0.39, 0.29) is 0 Å². The lowest BCUT2D eigenvalue weighted by Crippen LogP contribution is -3.27. The minimum absolute atomic E-state index is 0.730. The second-order valence-corrected chi connectivity index (χ2v) is 6.77. The van der Waals surface area contributed by atoms with Crippen LogP contribution in [0.2, 0.25) is 0 Å². The van der Waals surface area contributed by atoms with Crippen LogP contribution in [0.25, 0.3) is 6.08 Å². The highest BCUT2D eigenvalue weighted by molar-refractivity contribution is 5.48. The number of quaternary nitrogens is 2. The van der Waals surface area contributed by atoms with Gasteiger partial charge in [0.05, 0.1) is 13.2 Å². The van der Waals surface area contributed by atoms with E-state index < -0.39 is 0 Å². The molecule has 0 aliphatic carbocycles. The van der Waals surface area contributed by atoms with E-state index in [4.69, 9.17) is 4.74 Å². The maximum absolute atomic E-state index is 5.52. The summed E-state index contributed by atoms with van der Waals surface area (Å²) in [7, 11) is 0. The van der Waals surface area contributed by atoms with Gasteiger partial charge < -0.3 is 14.5 Å². The summed E-state index contributed by atoms with van der Waals surface area (Å²) >= 11 is 0. The summed E-state index contributed by atoms with van der Waals surface area (Å²) in [5.41, 5.74) is 2.70. The van der Waals surface area contributed by atoms with Crippen molar-refractivity contribution in [2.24, 2.45) is 0 Å². The molecule has 2 aromatic carbocycles. The number of rotatable bonds is 7. The SMILES string of the molecule is CCOc1ccc(C[NH+]2CC[NH+](C/C=C/c3ccccc3)CC2)cc1. The van der Waals surface area contributed by atoms with E-state index >= 15 is 0 Å². The summed E-state index contributed by atoms with van der Waals surface area (Å²) in [6.07, 6.45) is 4.56. The van der Waals surface area contributed by atoms with Crippen molar-refractivity contribution in [3.8, 4) is 5.75 Å². The Bertz CT molecular complexity index is 643. The molecular weight excluding hydrogens is 308 g/mol. The number of piperazine rings is 1. The second-order valence-electron chi connectivity index (χ2n) is 6.77. The fraction of sp³-hybridized carbons (Fsp3) is 0.364. The van der Waals surface area contributed by atoms with Crippen LogP contribution in [0.5, 0.6) is 5.75 Å². The zero-order valence-corrected chi connectivity index (χ0v) is 15.2. The smallest absolute Gasteiger partial charge is 0.127 e. The predicted octanol–water partition coefficient (Wildman–Crippen LogP) is 1.08. The van der Waals surface area contributed by atoms with E-state index in [2.05, 4.69) is 66.7 Å². The zero-order valence-electron chi connectivity index (χ0n) is 15.2. The molecule has 3 nitrogen and oxygen atoms in total. The first kappa shape index (κ1) is 17.7. The zero-order chi connectivity index (χ0) is 17.3. The van der Waals surface area contributed by atoms with Crippen molar-refractivity contribution in [1.82, 2.24) is 0 Å². The number of hydrogen-bond donors (Lipinski definition) is 2. The number of hydrogen-bond acceptors (Lipinski definition) is 1. The molecule has 0 unspecified atom stereocenters. The van der Waals surface area contributed by atoms with Crippen LogP contribution in [0, 0.1) is 0 Å². The minimum atomic E-state index is 0.730. The van der Waals surface area contributed by atoms with E-state index in [0.29, 0.717) is 0 Å². The van der Waals surface area contributed by atoms with Gasteiger partial charge in [0.2, 0.25) is 0 Å². The van der Waals surface area contributed by atoms with Crippen molar-refractivity contribution < 1.29 is 14.5 Å². The number of ether oxygens (including phenoxy) is 1. The van der Waals surface area contributed by atoms with E-state index in [1.807, 2.05) is 6.92 Å². The predicted molar refractivity (Wildman–Crippen MR) is 103 cm³/mol. The van der Waals surface area contributed by atoms with Crippen LogP contribution < -0.4 is 14.5 Å². The molecule has 0 saturated carbocycles. The molecule has 1 aliphatic heterocycles. The van der Waals surface area contributed by atoms with Gasteiger partial charge in [-0.3, -0.25) is 0 Å². The first-order valence-corrected chi connectivity index (χ1v) is 9.44. The monoisotopic (exact) mass is 338 g/mol. The lowest BCUT2D eigenvalue weighted by molar-refractivity contribution is -1.02. The van der Waals surface area contributed by atoms with Crippen molar-refractivity contribution in [2.75, 3.05) is 39.3 Å². The van der Waals surface area contributed by atoms with Gasteiger partial charge in [-0.1, -0.05) is 36.4 Å². The van der Waals surface area contributed by atoms with Crippen molar-refractivity contribution in [3.63, 3.8) is 0 Å². The topological polar surface area (TPSA) is 18.1 Å². The maximum Gasteiger partial charge on any atom is 0.127 e. The van der Waals surface area contributed by atoms with E-state index in [9.17, 15) is 0 Å². The molecule has 0 spiro atoms. The van der Waals surface area contributed by atoms with Gasteiger partial charge in [0.25, 0.3) is 0 Å². The Morgan fingerprint density at radius 2 is 1.56 bits per heavy atom. The molecule has 0 amide bonds. The number of nitrogens with one attached hydrogen (secondary N) is 2. The van der Waals surface area contributed by atoms with Gasteiger partial charge in [-0.05, 0) is 42.8 Å². The van der Waals surface area contributed by atoms with Crippen LogP contribution in [0.4, 0.5) is 0 Å². The Balaban J connectivity index is 1.40. The van der Waals surface area contributed by atoms with E-state index in [1.54, 1.807) is 9.80 Å². The first-order valence-electron chi connectivity index (χ1n) is 9.44. The Morgan fingerprint density at radius 1 is 0.880 bits per heavy atom. The Hall–Kier alpha value is -2.10. The highest BCUT2D eigenvalue weighted by Gasteiger charge is 2.21. The van der Waals surface area contributed by atoms with Crippen molar-refractivity contribution in [1.29, 1.82) is 0 Å². The van der Waals surface area contributed by atoms with Gasteiger partial charge in [-0.15, -0.1) is 0 Å². The van der Waals surface area contributed by atoms with Crippen LogP contribution in [0.1, 0.15) is 18.1 Å². The lowest BCUT2D eigenvalue weighted by atomic mass is 10.2. The summed E-state index contributed by atoms with van der Waals surface area (Å²) in [4.78, 5) is 3.39. The number of benzene rings is 2. The summed E-state index contributed by atoms with van der Waals surface area (Å²) in [5, 5.41) is 0. The molecule has 0 atom stereocenters. The summed E-state index contributed by atoms with van der Waals surface area (Å²) < 4.78 is 5.52. The first-order chi connectivity index (χ1) is 12.3. The fourth-order valence-electron chi connectivity index (χ4n) is 3.42. The molecule has 0 bridgehead atoms. The Morgan fingerprint density at radius 3 is 2.24 bits per heavy atom. The molecule has 0 aromatic heterocycles. The molecule has 2 N–H and O–H groups in total. The van der Waals surface area contributed by atoms with E-state index in [1.165, 1.54) is 37.3 Å². The summed E-state index contributed by atoms with van der Waals surface area (Å²) in [6, 6.07) is 19.2. The lowest BCUT2D eigenvalue weighted by Gasteiger charge is -2.29. The van der Waals surface area contributed by atoms with Gasteiger partial charge in [-0.25, -0.2) is 0 Å². The van der Waals surface area contributed by atoms with Crippen LogP contribution in [-0.2, 0) is 6.54 Å². The van der Waals surface area contributed by atoms with Crippen LogP contribution >= 0.6 is 0 Å². The molecule has 1 heterocycles. The Kier molecular flexibility index (Phi) is 6.66. The van der Waals surface area contributed by atoms with Crippen molar-refractivity contribution in [3.05, 3.63) is 71.8 Å². The fourth-order valence-corrected chi connectivity index (χ4v) is 3.42. The van der Waals surface area contributed by atoms with Crippen LogP contribution in [0.3, 0.4) is 0 Å². The molecule has 1 fully saturated rings. The van der Waals surface area contributed by atoms with Crippen LogP contribution in [-0.4, -0.2) is 39.3 Å².